The van der Waals surface area contributed by atoms with Crippen molar-refractivity contribution in [3.8, 4) is 0 Å². The van der Waals surface area contributed by atoms with Crippen molar-refractivity contribution in [1.29, 1.82) is 0 Å². The summed E-state index contributed by atoms with van der Waals surface area (Å²) < 4.78 is 13.8. The highest BCUT2D eigenvalue weighted by atomic mass is 19.1. The van der Waals surface area contributed by atoms with E-state index < -0.39 is 0 Å². The molecule has 2 saturated heterocycles. The fraction of sp³-hybridized carbons (Fsp3) is 0.571. The summed E-state index contributed by atoms with van der Waals surface area (Å²) in [6, 6.07) is 6.90. The molecule has 0 unspecified atom stereocenters. The Kier molecular flexibility index (Phi) is 6.19. The van der Waals surface area contributed by atoms with Gasteiger partial charge in [0.15, 0.2) is 0 Å². The second-order valence-electron chi connectivity index (χ2n) is 7.62. The van der Waals surface area contributed by atoms with Crippen molar-refractivity contribution in [2.24, 2.45) is 0 Å². The molecule has 0 amide bonds. The van der Waals surface area contributed by atoms with Crippen LogP contribution in [-0.4, -0.2) is 47.7 Å². The second-order valence-corrected chi connectivity index (χ2v) is 7.62. The normalized spacial score (nSPS) is 17.6. The highest BCUT2D eigenvalue weighted by Gasteiger charge is 2.20. The van der Waals surface area contributed by atoms with Crippen molar-refractivity contribution >= 4 is 17.8 Å². The second kappa shape index (κ2) is 9.17. The lowest BCUT2D eigenvalue weighted by Gasteiger charge is -2.30. The van der Waals surface area contributed by atoms with Crippen molar-refractivity contribution in [2.75, 3.05) is 47.8 Å². The third kappa shape index (κ3) is 4.69. The minimum atomic E-state index is -0.164. The molecule has 0 saturated carbocycles. The predicted octanol–water partition coefficient (Wildman–Crippen LogP) is 3.65. The van der Waals surface area contributed by atoms with Gasteiger partial charge in [0.25, 0.3) is 0 Å². The molecule has 0 bridgehead atoms. The molecule has 2 aliphatic heterocycles. The minimum Gasteiger partial charge on any atom is -0.354 e. The van der Waals surface area contributed by atoms with Gasteiger partial charge in [-0.15, -0.1) is 0 Å². The molecular weight excluding hydrogens is 355 g/mol. The molecule has 3 heterocycles. The maximum Gasteiger partial charge on any atom is 0.231 e. The average molecular weight is 385 g/mol. The van der Waals surface area contributed by atoms with Gasteiger partial charge in [-0.1, -0.05) is 18.2 Å². The van der Waals surface area contributed by atoms with Crippen LogP contribution >= 0.6 is 0 Å². The molecule has 1 aromatic carbocycles. The fourth-order valence-corrected chi connectivity index (χ4v) is 3.91. The van der Waals surface area contributed by atoms with Gasteiger partial charge in [-0.25, -0.2) is 4.39 Å². The van der Waals surface area contributed by atoms with Gasteiger partial charge in [-0.05, 0) is 56.6 Å². The fourth-order valence-electron chi connectivity index (χ4n) is 3.91. The number of hydrogen-bond acceptors (Lipinski definition) is 6. The van der Waals surface area contributed by atoms with Gasteiger partial charge in [0.1, 0.15) is 5.82 Å². The van der Waals surface area contributed by atoms with E-state index in [1.807, 2.05) is 12.1 Å². The van der Waals surface area contributed by atoms with Gasteiger partial charge in [-0.3, -0.25) is 0 Å². The Morgan fingerprint density at radius 1 is 0.786 bits per heavy atom. The Labute approximate surface area is 166 Å². The Morgan fingerprint density at radius 3 is 1.93 bits per heavy atom. The van der Waals surface area contributed by atoms with E-state index >= 15 is 0 Å². The van der Waals surface area contributed by atoms with E-state index in [0.717, 1.165) is 38.1 Å². The third-order valence-electron chi connectivity index (χ3n) is 5.52. The molecule has 2 aromatic rings. The molecule has 150 valence electrons. The SMILES string of the molecule is Fc1ccccc1CCNc1nc(N2CCCCC2)nc(N2CCCCC2)n1. The molecule has 2 aliphatic rings. The summed E-state index contributed by atoms with van der Waals surface area (Å²) in [5.41, 5.74) is 0.705. The van der Waals surface area contributed by atoms with Crippen molar-refractivity contribution in [3.05, 3.63) is 35.6 Å². The zero-order valence-electron chi connectivity index (χ0n) is 16.4. The van der Waals surface area contributed by atoms with Gasteiger partial charge in [0, 0.05) is 32.7 Å². The molecule has 7 heteroatoms. The molecule has 1 N–H and O–H groups in total. The number of piperidine rings is 2. The molecule has 0 radical (unpaired) electrons. The molecule has 1 aromatic heterocycles. The van der Waals surface area contributed by atoms with Crippen LogP contribution in [0.2, 0.25) is 0 Å². The summed E-state index contributed by atoms with van der Waals surface area (Å²) in [6.07, 6.45) is 7.86. The maximum absolute atomic E-state index is 13.8. The molecule has 0 spiro atoms. The van der Waals surface area contributed by atoms with Gasteiger partial charge in [0.2, 0.25) is 17.8 Å². The topological polar surface area (TPSA) is 57.2 Å². The van der Waals surface area contributed by atoms with Crippen LogP contribution in [0.3, 0.4) is 0 Å². The molecule has 28 heavy (non-hydrogen) atoms. The lowest BCUT2D eigenvalue weighted by Crippen LogP contribution is -2.34. The number of halogens is 1. The molecule has 0 atom stereocenters. The summed E-state index contributed by atoms with van der Waals surface area (Å²) in [4.78, 5) is 18.7. The zero-order valence-corrected chi connectivity index (χ0v) is 16.4. The molecular formula is C21H29FN6. The smallest absolute Gasteiger partial charge is 0.231 e. The zero-order chi connectivity index (χ0) is 19.2. The number of hydrogen-bond donors (Lipinski definition) is 1. The van der Waals surface area contributed by atoms with E-state index in [-0.39, 0.29) is 5.82 Å². The summed E-state index contributed by atoms with van der Waals surface area (Å²) in [5, 5.41) is 3.30. The summed E-state index contributed by atoms with van der Waals surface area (Å²) in [5.74, 6) is 1.96. The Balaban J connectivity index is 1.50. The summed E-state index contributed by atoms with van der Waals surface area (Å²) >= 11 is 0. The Morgan fingerprint density at radius 2 is 1.36 bits per heavy atom. The number of rotatable bonds is 6. The van der Waals surface area contributed by atoms with Crippen molar-refractivity contribution in [2.45, 2.75) is 44.9 Å². The molecule has 0 aliphatic carbocycles. The van der Waals surface area contributed by atoms with Crippen LogP contribution in [0.25, 0.3) is 0 Å². The third-order valence-corrected chi connectivity index (χ3v) is 5.52. The van der Waals surface area contributed by atoms with Crippen molar-refractivity contribution in [3.63, 3.8) is 0 Å². The highest BCUT2D eigenvalue weighted by Crippen LogP contribution is 2.22. The average Bonchev–Trinajstić information content (AvgIpc) is 2.76. The first-order valence-electron chi connectivity index (χ1n) is 10.5. The molecule has 6 nitrogen and oxygen atoms in total. The van der Waals surface area contributed by atoms with E-state index in [1.54, 1.807) is 6.07 Å². The van der Waals surface area contributed by atoms with Crippen LogP contribution < -0.4 is 15.1 Å². The van der Waals surface area contributed by atoms with Crippen LogP contribution in [0.5, 0.6) is 0 Å². The Bertz CT molecular complexity index is 735. The van der Waals surface area contributed by atoms with E-state index in [2.05, 4.69) is 25.1 Å². The first kappa shape index (κ1) is 18.9. The number of nitrogens with zero attached hydrogens (tertiary/aromatic N) is 5. The number of benzene rings is 1. The van der Waals surface area contributed by atoms with Gasteiger partial charge in [0.05, 0.1) is 0 Å². The minimum absolute atomic E-state index is 0.164. The van der Waals surface area contributed by atoms with E-state index in [9.17, 15) is 4.39 Å². The van der Waals surface area contributed by atoms with Crippen LogP contribution in [0.1, 0.15) is 44.1 Å². The molecule has 2 fully saturated rings. The number of aromatic nitrogens is 3. The quantitative estimate of drug-likeness (QED) is 0.821. The van der Waals surface area contributed by atoms with Crippen molar-refractivity contribution < 1.29 is 4.39 Å². The van der Waals surface area contributed by atoms with E-state index in [0.29, 0.717) is 24.5 Å². The number of nitrogens with one attached hydrogen (secondary N) is 1. The van der Waals surface area contributed by atoms with Crippen LogP contribution in [0, 0.1) is 5.82 Å². The van der Waals surface area contributed by atoms with Crippen LogP contribution in [0.4, 0.5) is 22.2 Å². The van der Waals surface area contributed by atoms with Crippen LogP contribution in [0.15, 0.2) is 24.3 Å². The van der Waals surface area contributed by atoms with E-state index in [1.165, 1.54) is 44.6 Å². The lowest BCUT2D eigenvalue weighted by atomic mass is 10.1. The standard InChI is InChI=1S/C21H29FN6/c22-18-10-4-3-9-17(18)11-12-23-19-24-20(27-13-5-1-6-14-27)26-21(25-19)28-15-7-2-8-16-28/h3-4,9-10H,1-2,5-8,11-16H2,(H,23,24,25,26). The summed E-state index contributed by atoms with van der Waals surface area (Å²) in [6.45, 7) is 4.58. The summed E-state index contributed by atoms with van der Waals surface area (Å²) in [7, 11) is 0. The van der Waals surface area contributed by atoms with E-state index in [4.69, 9.17) is 4.98 Å². The Hall–Kier alpha value is -2.44. The van der Waals surface area contributed by atoms with Crippen molar-refractivity contribution in [1.82, 2.24) is 15.0 Å². The predicted molar refractivity (Wildman–Crippen MR) is 111 cm³/mol. The van der Waals surface area contributed by atoms with Gasteiger partial charge >= 0.3 is 0 Å². The van der Waals surface area contributed by atoms with Crippen LogP contribution in [-0.2, 0) is 6.42 Å². The number of anilines is 3. The largest absolute Gasteiger partial charge is 0.354 e. The van der Waals surface area contributed by atoms with Gasteiger partial charge < -0.3 is 15.1 Å². The lowest BCUT2D eigenvalue weighted by molar-refractivity contribution is 0.556. The molecule has 4 rings (SSSR count). The highest BCUT2D eigenvalue weighted by molar-refractivity contribution is 5.45. The maximum atomic E-state index is 13.8. The first-order valence-corrected chi connectivity index (χ1v) is 10.5. The first-order chi connectivity index (χ1) is 13.8. The van der Waals surface area contributed by atoms with Gasteiger partial charge in [-0.2, -0.15) is 15.0 Å². The monoisotopic (exact) mass is 384 g/mol.